The summed E-state index contributed by atoms with van der Waals surface area (Å²) in [6.45, 7) is 9.56. The van der Waals surface area contributed by atoms with E-state index >= 15 is 0 Å². The Morgan fingerprint density at radius 3 is 0.845 bits per heavy atom. The van der Waals surface area contributed by atoms with E-state index in [0.29, 0.717) is 25.7 Å². The Bertz CT molecular complexity index is 1970. The smallest absolute Gasteiger partial charge is 0.462 e. The highest BCUT2D eigenvalue weighted by atomic mass is 31.2. The molecule has 0 fully saturated rings. The molecule has 19 heteroatoms. The number of carbonyl (C=O) groups is 4. The van der Waals surface area contributed by atoms with Crippen molar-refractivity contribution in [3.05, 3.63) is 24.3 Å². The predicted molar refractivity (Wildman–Crippen MR) is 395 cm³/mol. The first-order chi connectivity index (χ1) is 46.9. The van der Waals surface area contributed by atoms with Gasteiger partial charge >= 0.3 is 39.5 Å². The molecule has 0 radical (unpaired) electrons. The van der Waals surface area contributed by atoms with Gasteiger partial charge < -0.3 is 33.8 Å². The van der Waals surface area contributed by atoms with Crippen LogP contribution in [-0.4, -0.2) is 96.7 Å². The molecule has 0 saturated carbocycles. The fourth-order valence-corrected chi connectivity index (χ4v) is 13.0. The lowest BCUT2D eigenvalue weighted by Crippen LogP contribution is -2.30. The molecule has 0 heterocycles. The average molecular weight is 1420 g/mol. The topological polar surface area (TPSA) is 237 Å². The third-order valence-electron chi connectivity index (χ3n) is 17.6. The van der Waals surface area contributed by atoms with Gasteiger partial charge in [0.15, 0.2) is 12.2 Å². The van der Waals surface area contributed by atoms with Crippen molar-refractivity contribution in [1.29, 1.82) is 0 Å². The van der Waals surface area contributed by atoms with Crippen LogP contribution in [0.25, 0.3) is 0 Å². The minimum atomic E-state index is -4.97. The zero-order chi connectivity index (χ0) is 71.4. The number of hydrogen-bond donors (Lipinski definition) is 3. The summed E-state index contributed by atoms with van der Waals surface area (Å²) in [6.07, 6.45) is 60.3. The lowest BCUT2D eigenvalue weighted by Gasteiger charge is -2.21. The van der Waals surface area contributed by atoms with Gasteiger partial charge in [-0.3, -0.25) is 37.3 Å². The van der Waals surface area contributed by atoms with Crippen LogP contribution in [0.4, 0.5) is 0 Å². The first kappa shape index (κ1) is 94.5. The zero-order valence-corrected chi connectivity index (χ0v) is 64.7. The van der Waals surface area contributed by atoms with Crippen molar-refractivity contribution in [2.45, 2.75) is 400 Å². The van der Waals surface area contributed by atoms with E-state index in [1.54, 1.807) is 0 Å². The second-order valence-electron chi connectivity index (χ2n) is 28.4. The van der Waals surface area contributed by atoms with Crippen LogP contribution in [0.3, 0.4) is 0 Å². The van der Waals surface area contributed by atoms with Crippen molar-refractivity contribution in [2.75, 3.05) is 39.6 Å². The monoisotopic (exact) mass is 1420 g/mol. The molecule has 5 atom stereocenters. The van der Waals surface area contributed by atoms with Crippen LogP contribution in [0, 0.1) is 11.8 Å². The molecule has 2 unspecified atom stereocenters. The van der Waals surface area contributed by atoms with Crippen LogP contribution in [0.2, 0.25) is 0 Å². The highest BCUT2D eigenvalue weighted by Gasteiger charge is 2.30. The van der Waals surface area contributed by atoms with Gasteiger partial charge in [-0.05, 0) is 63.2 Å². The Kier molecular flexibility index (Phi) is 67.5. The largest absolute Gasteiger partial charge is 0.472 e. The standard InChI is InChI=1S/C78H148O17P2/c1-7-9-11-13-15-17-19-21-22-26-30-37-43-49-55-61-76(81)89-66-73(94-77(82)62-56-50-44-38-31-27-24-23-25-28-34-40-46-52-58-70(3)4)68-92-96(84,85)90-64-72(79)65-91-97(86,87)93-69-74(67-88-75(80)60-54-48-42-36-29-20-18-16-14-12-10-8-2)95-78(83)63-57-51-45-39-33-32-35-41-47-53-59-71(5)6/h17,19,21-22,70-74,79H,7-16,18,20,23-69H2,1-6H3,(H,84,85)(H,86,87)/b19-17-,22-21-/t72-,73-,74-/m1/s1. The maximum Gasteiger partial charge on any atom is 0.472 e. The second kappa shape index (κ2) is 69.3. The van der Waals surface area contributed by atoms with Crippen LogP contribution in [0.1, 0.15) is 382 Å². The van der Waals surface area contributed by atoms with Crippen LogP contribution in [0.5, 0.6) is 0 Å². The minimum Gasteiger partial charge on any atom is -0.462 e. The van der Waals surface area contributed by atoms with Crippen molar-refractivity contribution < 1.29 is 80.2 Å². The van der Waals surface area contributed by atoms with Gasteiger partial charge in [0.2, 0.25) is 0 Å². The lowest BCUT2D eigenvalue weighted by molar-refractivity contribution is -0.161. The predicted octanol–water partition coefficient (Wildman–Crippen LogP) is 22.7. The molecule has 0 rings (SSSR count). The number of unbranched alkanes of at least 4 members (excludes halogenated alkanes) is 42. The number of esters is 4. The highest BCUT2D eigenvalue weighted by molar-refractivity contribution is 7.47. The number of hydrogen-bond acceptors (Lipinski definition) is 15. The van der Waals surface area contributed by atoms with Crippen LogP contribution in [0.15, 0.2) is 24.3 Å². The normalized spacial score (nSPS) is 14.1. The van der Waals surface area contributed by atoms with Gasteiger partial charge in [0.25, 0.3) is 0 Å². The summed E-state index contributed by atoms with van der Waals surface area (Å²) < 4.78 is 68.6. The van der Waals surface area contributed by atoms with Gasteiger partial charge in [-0.25, -0.2) is 9.13 Å². The van der Waals surface area contributed by atoms with Crippen LogP contribution in [-0.2, 0) is 65.4 Å². The van der Waals surface area contributed by atoms with Gasteiger partial charge in [-0.15, -0.1) is 0 Å². The van der Waals surface area contributed by atoms with Gasteiger partial charge in [0.05, 0.1) is 26.4 Å². The molecular formula is C78H148O17P2. The van der Waals surface area contributed by atoms with Crippen molar-refractivity contribution in [1.82, 2.24) is 0 Å². The summed E-state index contributed by atoms with van der Waals surface area (Å²) in [5.74, 6) is -0.598. The SMILES string of the molecule is CCCCCC/C=C\C=C/CCCCCCCC(=O)OC[C@H](COP(=O)(O)OC[C@@H](O)COP(=O)(O)OC[C@@H](COC(=O)CCCCCCCCCCCCCC)OC(=O)CCCCCCCCCCCCC(C)C)OC(=O)CCCCCCCCCCCCCCCCC(C)C. The molecule has 0 aromatic rings. The third-order valence-corrected chi connectivity index (χ3v) is 19.5. The molecule has 0 aliphatic rings. The number of ether oxygens (including phenoxy) is 4. The van der Waals surface area contributed by atoms with Crippen molar-refractivity contribution in [2.24, 2.45) is 11.8 Å². The summed E-state index contributed by atoms with van der Waals surface area (Å²) >= 11 is 0. The van der Waals surface area contributed by atoms with Gasteiger partial charge in [0.1, 0.15) is 19.3 Å². The van der Waals surface area contributed by atoms with Gasteiger partial charge in [-0.2, -0.15) is 0 Å². The summed E-state index contributed by atoms with van der Waals surface area (Å²) in [5.41, 5.74) is 0. The molecule has 0 aromatic carbocycles. The van der Waals surface area contributed by atoms with E-state index in [0.717, 1.165) is 121 Å². The highest BCUT2D eigenvalue weighted by Crippen LogP contribution is 2.45. The van der Waals surface area contributed by atoms with E-state index in [9.17, 15) is 43.2 Å². The summed E-state index contributed by atoms with van der Waals surface area (Å²) in [4.78, 5) is 72.9. The Hall–Kier alpha value is -2.46. The van der Waals surface area contributed by atoms with Crippen LogP contribution >= 0.6 is 15.6 Å². The molecule has 0 spiro atoms. The quantitative estimate of drug-likeness (QED) is 0.0169. The van der Waals surface area contributed by atoms with Gasteiger partial charge in [-0.1, -0.05) is 329 Å². The van der Waals surface area contributed by atoms with E-state index < -0.39 is 97.5 Å². The first-order valence-corrected chi connectivity index (χ1v) is 42.8. The molecule has 0 aliphatic carbocycles. The molecule has 0 amide bonds. The molecule has 572 valence electrons. The Morgan fingerprint density at radius 2 is 0.557 bits per heavy atom. The maximum absolute atomic E-state index is 13.1. The second-order valence-corrected chi connectivity index (χ2v) is 31.3. The number of rotatable bonds is 75. The number of phosphoric ester groups is 2. The molecule has 97 heavy (non-hydrogen) atoms. The molecule has 3 N–H and O–H groups in total. The third kappa shape index (κ3) is 71.7. The Balaban J connectivity index is 5.30. The van der Waals surface area contributed by atoms with E-state index in [2.05, 4.69) is 65.8 Å². The number of allylic oxidation sites excluding steroid dienone is 4. The molecule has 0 saturated heterocycles. The molecule has 0 bridgehead atoms. The average Bonchev–Trinajstić information content (AvgIpc) is 0.999. The maximum atomic E-state index is 13.1. The Morgan fingerprint density at radius 1 is 0.320 bits per heavy atom. The van der Waals surface area contributed by atoms with Crippen molar-refractivity contribution in [3.8, 4) is 0 Å². The van der Waals surface area contributed by atoms with Crippen molar-refractivity contribution in [3.63, 3.8) is 0 Å². The number of aliphatic hydroxyl groups excluding tert-OH is 1. The molecule has 17 nitrogen and oxygen atoms in total. The fraction of sp³-hybridized carbons (Fsp3) is 0.897. The zero-order valence-electron chi connectivity index (χ0n) is 62.9. The minimum absolute atomic E-state index is 0.101. The van der Waals surface area contributed by atoms with Crippen LogP contribution < -0.4 is 0 Å². The fourth-order valence-electron chi connectivity index (χ4n) is 11.5. The first-order valence-electron chi connectivity index (χ1n) is 39.8. The number of phosphoric acid groups is 2. The molecule has 0 aromatic heterocycles. The van der Waals surface area contributed by atoms with E-state index in [1.165, 1.54) is 180 Å². The molecule has 0 aliphatic heterocycles. The number of aliphatic hydroxyl groups is 1. The molecular weight excluding hydrogens is 1270 g/mol. The number of carbonyl (C=O) groups excluding carboxylic acids is 4. The van der Waals surface area contributed by atoms with E-state index in [4.69, 9.17) is 37.0 Å². The Labute approximate surface area is 592 Å². The van der Waals surface area contributed by atoms with E-state index in [1.807, 2.05) is 0 Å². The van der Waals surface area contributed by atoms with Gasteiger partial charge in [0, 0.05) is 25.7 Å². The summed E-state index contributed by atoms with van der Waals surface area (Å²) in [6, 6.07) is 0. The lowest BCUT2D eigenvalue weighted by atomic mass is 10.0. The van der Waals surface area contributed by atoms with Crippen molar-refractivity contribution >= 4 is 39.5 Å². The van der Waals surface area contributed by atoms with E-state index in [-0.39, 0.29) is 25.7 Å². The summed E-state index contributed by atoms with van der Waals surface area (Å²) in [5, 5.41) is 10.6. The summed E-state index contributed by atoms with van der Waals surface area (Å²) in [7, 11) is -9.93.